The average molecular weight is 244 g/mol. The Morgan fingerprint density at radius 2 is 2.06 bits per heavy atom. The van der Waals surface area contributed by atoms with Crippen molar-refractivity contribution in [2.45, 2.75) is 25.3 Å². The van der Waals surface area contributed by atoms with Crippen molar-refractivity contribution >= 4 is 0 Å². The van der Waals surface area contributed by atoms with E-state index in [2.05, 4.69) is 45.8 Å². The highest BCUT2D eigenvalue weighted by atomic mass is 15.4. The van der Waals surface area contributed by atoms with Gasteiger partial charge in [-0.05, 0) is 31.9 Å². The summed E-state index contributed by atoms with van der Waals surface area (Å²) in [5, 5.41) is 11.8. The molecule has 1 unspecified atom stereocenters. The number of aryl methyl sites for hydroxylation is 2. The number of nitrogens with one attached hydrogen (secondary N) is 1. The molecule has 0 saturated carbocycles. The Morgan fingerprint density at radius 3 is 2.67 bits per heavy atom. The van der Waals surface area contributed by atoms with E-state index in [4.69, 9.17) is 0 Å². The van der Waals surface area contributed by atoms with Crippen LogP contribution in [0.25, 0.3) is 0 Å². The number of aromatic nitrogens is 3. The smallest absolute Gasteiger partial charge is 0.0996 e. The second-order valence-corrected chi connectivity index (χ2v) is 4.48. The Hall–Kier alpha value is -1.68. The molecule has 2 aromatic rings. The van der Waals surface area contributed by atoms with E-state index < -0.39 is 0 Å². The van der Waals surface area contributed by atoms with Crippen LogP contribution in [0.1, 0.15) is 30.1 Å². The molecule has 96 valence electrons. The largest absolute Gasteiger partial charge is 0.312 e. The topological polar surface area (TPSA) is 42.7 Å². The molecule has 0 aliphatic carbocycles. The van der Waals surface area contributed by atoms with Crippen LogP contribution in [0.4, 0.5) is 0 Å². The van der Waals surface area contributed by atoms with E-state index in [9.17, 15) is 0 Å². The van der Waals surface area contributed by atoms with Gasteiger partial charge >= 0.3 is 0 Å². The first-order valence-electron chi connectivity index (χ1n) is 6.37. The molecule has 1 heterocycles. The fourth-order valence-electron chi connectivity index (χ4n) is 2.12. The quantitative estimate of drug-likeness (QED) is 0.846. The maximum absolute atomic E-state index is 4.35. The van der Waals surface area contributed by atoms with Gasteiger partial charge in [-0.15, -0.1) is 0 Å². The van der Waals surface area contributed by atoms with Crippen LogP contribution in [0.2, 0.25) is 0 Å². The first-order valence-corrected chi connectivity index (χ1v) is 6.37. The van der Waals surface area contributed by atoms with E-state index in [0.717, 1.165) is 25.0 Å². The highest BCUT2D eigenvalue weighted by molar-refractivity contribution is 5.14. The number of benzene rings is 1. The Kier molecular flexibility index (Phi) is 4.47. The molecule has 4 nitrogen and oxygen atoms in total. The minimum absolute atomic E-state index is 0.294. The molecule has 18 heavy (non-hydrogen) atoms. The molecule has 4 heteroatoms. The first kappa shape index (κ1) is 12.8. The summed E-state index contributed by atoms with van der Waals surface area (Å²) in [6.45, 7) is 0. The van der Waals surface area contributed by atoms with Gasteiger partial charge in [0.15, 0.2) is 0 Å². The monoisotopic (exact) mass is 244 g/mol. The first-order chi connectivity index (χ1) is 8.79. The molecular weight excluding hydrogens is 224 g/mol. The van der Waals surface area contributed by atoms with E-state index in [1.807, 2.05) is 20.3 Å². The van der Waals surface area contributed by atoms with Crippen molar-refractivity contribution in [3.63, 3.8) is 0 Å². The zero-order valence-electron chi connectivity index (χ0n) is 11.0. The average Bonchev–Trinajstić information content (AvgIpc) is 2.82. The summed E-state index contributed by atoms with van der Waals surface area (Å²) < 4.78 is 0. The molecule has 0 radical (unpaired) electrons. The van der Waals surface area contributed by atoms with Gasteiger partial charge in [0, 0.05) is 7.05 Å². The normalized spacial score (nSPS) is 12.6. The van der Waals surface area contributed by atoms with Crippen LogP contribution in [0.5, 0.6) is 0 Å². The molecule has 0 bridgehead atoms. The Balaban J connectivity index is 1.85. The predicted molar refractivity (Wildman–Crippen MR) is 72.2 cm³/mol. The SMILES string of the molecule is CNC(CCCc1ccccc1)c1cnn(C)n1. The Morgan fingerprint density at radius 1 is 1.28 bits per heavy atom. The summed E-state index contributed by atoms with van der Waals surface area (Å²) >= 11 is 0. The zero-order chi connectivity index (χ0) is 12.8. The van der Waals surface area contributed by atoms with Gasteiger partial charge in [-0.1, -0.05) is 30.3 Å². The summed E-state index contributed by atoms with van der Waals surface area (Å²) in [5.41, 5.74) is 2.42. The van der Waals surface area contributed by atoms with E-state index in [0.29, 0.717) is 6.04 Å². The number of nitrogens with zero attached hydrogens (tertiary/aromatic N) is 3. The molecular formula is C14H20N4. The van der Waals surface area contributed by atoms with Crippen molar-refractivity contribution in [3.8, 4) is 0 Å². The molecule has 0 aliphatic rings. The molecule has 1 aromatic carbocycles. The highest BCUT2D eigenvalue weighted by Gasteiger charge is 2.12. The van der Waals surface area contributed by atoms with Gasteiger partial charge in [0.1, 0.15) is 0 Å². The third-order valence-electron chi connectivity index (χ3n) is 3.12. The Labute approximate surface area is 108 Å². The lowest BCUT2D eigenvalue weighted by Crippen LogP contribution is -2.17. The summed E-state index contributed by atoms with van der Waals surface area (Å²) in [5.74, 6) is 0. The number of hydrogen-bond acceptors (Lipinski definition) is 3. The third kappa shape index (κ3) is 3.40. The van der Waals surface area contributed by atoms with Crippen molar-refractivity contribution in [1.82, 2.24) is 20.3 Å². The van der Waals surface area contributed by atoms with Crippen molar-refractivity contribution in [3.05, 3.63) is 47.8 Å². The molecule has 1 aromatic heterocycles. The maximum atomic E-state index is 4.35. The maximum Gasteiger partial charge on any atom is 0.0996 e. The fourth-order valence-corrected chi connectivity index (χ4v) is 2.12. The van der Waals surface area contributed by atoms with Gasteiger partial charge < -0.3 is 5.32 Å². The van der Waals surface area contributed by atoms with Crippen LogP contribution in [-0.2, 0) is 13.5 Å². The molecule has 1 N–H and O–H groups in total. The van der Waals surface area contributed by atoms with Crippen LogP contribution >= 0.6 is 0 Å². The molecule has 0 amide bonds. The van der Waals surface area contributed by atoms with Crippen molar-refractivity contribution in [2.75, 3.05) is 7.05 Å². The van der Waals surface area contributed by atoms with Crippen LogP contribution < -0.4 is 5.32 Å². The summed E-state index contributed by atoms with van der Waals surface area (Å²) in [6.07, 6.45) is 5.17. The summed E-state index contributed by atoms with van der Waals surface area (Å²) in [6, 6.07) is 10.9. The predicted octanol–water partition coefficient (Wildman–Crippen LogP) is 2.10. The van der Waals surface area contributed by atoms with Crippen LogP contribution in [0.3, 0.4) is 0 Å². The van der Waals surface area contributed by atoms with E-state index in [-0.39, 0.29) is 0 Å². The van der Waals surface area contributed by atoms with Crippen molar-refractivity contribution in [1.29, 1.82) is 0 Å². The molecule has 1 atom stereocenters. The van der Waals surface area contributed by atoms with Gasteiger partial charge in [-0.2, -0.15) is 15.0 Å². The van der Waals surface area contributed by atoms with Crippen molar-refractivity contribution < 1.29 is 0 Å². The lowest BCUT2D eigenvalue weighted by atomic mass is 10.0. The Bertz CT molecular complexity index is 464. The summed E-state index contributed by atoms with van der Waals surface area (Å²) in [7, 11) is 3.82. The molecule has 0 saturated heterocycles. The molecule has 2 rings (SSSR count). The van der Waals surface area contributed by atoms with Gasteiger partial charge in [0.2, 0.25) is 0 Å². The van der Waals surface area contributed by atoms with Crippen LogP contribution in [0, 0.1) is 0 Å². The fraction of sp³-hybridized carbons (Fsp3) is 0.429. The number of hydrogen-bond donors (Lipinski definition) is 1. The van der Waals surface area contributed by atoms with E-state index in [1.54, 1.807) is 4.80 Å². The standard InChI is InChI=1S/C14H20N4/c1-15-13(14-11-16-18(2)17-14)10-6-9-12-7-4-3-5-8-12/h3-5,7-8,11,13,15H,6,9-10H2,1-2H3. The highest BCUT2D eigenvalue weighted by Crippen LogP contribution is 2.16. The second-order valence-electron chi connectivity index (χ2n) is 4.48. The zero-order valence-corrected chi connectivity index (χ0v) is 11.0. The van der Waals surface area contributed by atoms with Crippen LogP contribution in [0.15, 0.2) is 36.5 Å². The summed E-state index contributed by atoms with van der Waals surface area (Å²) in [4.78, 5) is 1.61. The van der Waals surface area contributed by atoms with Gasteiger partial charge in [-0.3, -0.25) is 0 Å². The molecule has 0 fully saturated rings. The van der Waals surface area contributed by atoms with E-state index >= 15 is 0 Å². The lowest BCUT2D eigenvalue weighted by Gasteiger charge is -2.12. The van der Waals surface area contributed by atoms with Crippen molar-refractivity contribution in [2.24, 2.45) is 7.05 Å². The lowest BCUT2D eigenvalue weighted by molar-refractivity contribution is 0.506. The number of rotatable bonds is 6. The third-order valence-corrected chi connectivity index (χ3v) is 3.12. The second kappa shape index (κ2) is 6.31. The minimum Gasteiger partial charge on any atom is -0.312 e. The van der Waals surface area contributed by atoms with Gasteiger partial charge in [-0.25, -0.2) is 0 Å². The minimum atomic E-state index is 0.294. The van der Waals surface area contributed by atoms with E-state index in [1.165, 1.54) is 5.56 Å². The molecule has 0 spiro atoms. The van der Waals surface area contributed by atoms with Gasteiger partial charge in [0.05, 0.1) is 17.9 Å². The molecule has 0 aliphatic heterocycles. The van der Waals surface area contributed by atoms with Gasteiger partial charge in [0.25, 0.3) is 0 Å². The van der Waals surface area contributed by atoms with Crippen LogP contribution in [-0.4, -0.2) is 22.0 Å².